The molecule has 1 fully saturated rings. The topological polar surface area (TPSA) is 38.7 Å². The van der Waals surface area contributed by atoms with Crippen molar-refractivity contribution in [3.63, 3.8) is 0 Å². The van der Waals surface area contributed by atoms with Gasteiger partial charge in [-0.25, -0.2) is 0 Å². The second kappa shape index (κ2) is 17.9. The van der Waals surface area contributed by atoms with Gasteiger partial charge in [-0.2, -0.15) is 0 Å². The van der Waals surface area contributed by atoms with Crippen molar-refractivity contribution in [2.75, 3.05) is 0 Å². The van der Waals surface area contributed by atoms with E-state index in [-0.39, 0.29) is 54.7 Å². The van der Waals surface area contributed by atoms with Crippen molar-refractivity contribution in [2.45, 2.75) is 286 Å². The molecule has 3 aromatic rings. The average Bonchev–Trinajstić information content (AvgIpc) is 3.12. The van der Waals surface area contributed by atoms with Gasteiger partial charge in [0, 0.05) is 0 Å². The van der Waals surface area contributed by atoms with Gasteiger partial charge in [0.15, 0.2) is 0 Å². The number of benzene rings is 3. The van der Waals surface area contributed by atoms with E-state index in [0.29, 0.717) is 6.42 Å². The first-order chi connectivity index (χ1) is 29.6. The highest BCUT2D eigenvalue weighted by Crippen LogP contribution is 2.73. The predicted molar refractivity (Wildman–Crippen MR) is 295 cm³/mol. The van der Waals surface area contributed by atoms with E-state index in [2.05, 4.69) is 244 Å². The maximum Gasteiger partial charge on any atom is 0.331 e. The Kier molecular flexibility index (Phi) is 15.4. The lowest BCUT2D eigenvalue weighted by Gasteiger charge is -2.63. The Morgan fingerprint density at radius 3 is 0.955 bits per heavy atom. The Balaban J connectivity index is 2.77. The monoisotopic (exact) mass is 939 g/mol. The maximum atomic E-state index is 13.1. The molecule has 5 atom stereocenters. The molecule has 0 amide bonds. The summed E-state index contributed by atoms with van der Waals surface area (Å²) in [4.78, 5) is 13.1. The zero-order valence-electron chi connectivity index (χ0n) is 49.2. The SMILES string of the molecule is CCC(C)C1(c2c(C(C)(C)C)cc(C(C)(C)C)cc2C(C)(C)C)OP(O)OC(c2c(C(C)(C)C)cc(C(C)(C)C)cc2C(C)(C)C)C1(CC)c1c(C(C)(C)C)cc(C(C)(C)C)cc1C(C)(C)C. The van der Waals surface area contributed by atoms with E-state index in [4.69, 9.17) is 9.05 Å². The van der Waals surface area contributed by atoms with Crippen LogP contribution in [0.1, 0.15) is 293 Å². The summed E-state index contributed by atoms with van der Waals surface area (Å²) in [6, 6.07) is 15.2. The standard InChI is InChI=1S/C63H103O3P/c1-31-39(3)63(51-47(60(25,26)27)37-42(55(10,11)12)38-48(51)61(28,29)30)62(32-2,50-45(58(19,20)21)35-41(54(7,8)9)36-46(50)59(22,23)24)52(65-67(64)66-63)49-43(56(13,14)15)33-40(53(4,5)6)34-44(49)57(16,17)18/h33-39,52,64H,31-32H2,1-30H3. The fraction of sp³-hybridized carbons (Fsp3) is 0.714. The Bertz CT molecular complexity index is 2160. The van der Waals surface area contributed by atoms with Crippen LogP contribution in [-0.2, 0) is 68.8 Å². The second-order valence-corrected chi connectivity index (χ2v) is 31.2. The van der Waals surface area contributed by atoms with Crippen molar-refractivity contribution in [3.8, 4) is 0 Å². The Hall–Kier alpha value is -2.03. The quantitative estimate of drug-likeness (QED) is 0.250. The minimum absolute atomic E-state index is 0.0633. The molecule has 1 saturated heterocycles. The smallest absolute Gasteiger partial charge is 0.328 e. The molecule has 378 valence electrons. The minimum Gasteiger partial charge on any atom is -0.328 e. The molecule has 4 heteroatoms. The van der Waals surface area contributed by atoms with Gasteiger partial charge in [0.05, 0.1) is 5.41 Å². The fourth-order valence-electron chi connectivity index (χ4n) is 11.2. The average molecular weight is 939 g/mol. The summed E-state index contributed by atoms with van der Waals surface area (Å²) in [7, 11) is -2.41. The summed E-state index contributed by atoms with van der Waals surface area (Å²) >= 11 is 0. The predicted octanol–water partition coefficient (Wildman–Crippen LogP) is 19.0. The van der Waals surface area contributed by atoms with Crippen molar-refractivity contribution in [1.82, 2.24) is 0 Å². The van der Waals surface area contributed by atoms with E-state index in [1.807, 2.05) is 0 Å². The van der Waals surface area contributed by atoms with E-state index in [1.165, 1.54) is 66.8 Å². The van der Waals surface area contributed by atoms with Crippen molar-refractivity contribution >= 4 is 8.60 Å². The van der Waals surface area contributed by atoms with Crippen LogP contribution in [0.5, 0.6) is 0 Å². The lowest BCUT2D eigenvalue weighted by molar-refractivity contribution is -0.163. The number of rotatable bonds is 6. The van der Waals surface area contributed by atoms with Gasteiger partial charge in [-0.3, -0.25) is 4.52 Å². The van der Waals surface area contributed by atoms with Crippen molar-refractivity contribution in [2.24, 2.45) is 5.92 Å². The molecule has 0 aliphatic carbocycles. The van der Waals surface area contributed by atoms with E-state index in [0.717, 1.165) is 6.42 Å². The van der Waals surface area contributed by atoms with E-state index in [1.54, 1.807) is 0 Å². The highest BCUT2D eigenvalue weighted by molar-refractivity contribution is 7.40. The summed E-state index contributed by atoms with van der Waals surface area (Å²) in [5.74, 6) is -0.0633. The van der Waals surface area contributed by atoms with Crippen LogP contribution >= 0.6 is 8.60 Å². The van der Waals surface area contributed by atoms with Crippen molar-refractivity contribution in [1.29, 1.82) is 0 Å². The molecule has 1 aliphatic rings. The first kappa shape index (κ1) is 57.5. The lowest BCUT2D eigenvalue weighted by atomic mass is 9.48. The van der Waals surface area contributed by atoms with E-state index >= 15 is 0 Å². The Labute approximate surface area is 416 Å². The maximum absolute atomic E-state index is 13.1. The van der Waals surface area contributed by atoms with Crippen LogP contribution in [0.3, 0.4) is 0 Å². The minimum atomic E-state index is -2.41. The van der Waals surface area contributed by atoms with Crippen molar-refractivity contribution < 1.29 is 13.9 Å². The molecule has 3 nitrogen and oxygen atoms in total. The molecule has 0 aromatic heterocycles. The molecule has 1 heterocycles. The fourth-order valence-corrected chi connectivity index (χ4v) is 12.4. The summed E-state index contributed by atoms with van der Waals surface area (Å²) in [5.41, 5.74) is 11.6. The lowest BCUT2D eigenvalue weighted by Crippen LogP contribution is -2.62. The Morgan fingerprint density at radius 1 is 0.448 bits per heavy atom. The van der Waals surface area contributed by atoms with Crippen LogP contribution in [0.4, 0.5) is 0 Å². The molecule has 0 bridgehead atoms. The van der Waals surface area contributed by atoms with E-state index < -0.39 is 25.7 Å². The molecular weight excluding hydrogens is 836 g/mol. The molecule has 0 saturated carbocycles. The van der Waals surface area contributed by atoms with Crippen LogP contribution in [-0.4, -0.2) is 4.89 Å². The third-order valence-electron chi connectivity index (χ3n) is 15.4. The third kappa shape index (κ3) is 10.8. The molecule has 67 heavy (non-hydrogen) atoms. The Morgan fingerprint density at radius 2 is 0.716 bits per heavy atom. The van der Waals surface area contributed by atoms with Gasteiger partial charge in [0.25, 0.3) is 0 Å². The largest absolute Gasteiger partial charge is 0.331 e. The number of hydrogen-bond acceptors (Lipinski definition) is 3. The molecular formula is C63H103O3P. The number of hydrogen-bond donors (Lipinski definition) is 1. The van der Waals surface area contributed by atoms with Crippen LogP contribution in [0.15, 0.2) is 36.4 Å². The second-order valence-electron chi connectivity index (χ2n) is 30.3. The zero-order valence-corrected chi connectivity index (χ0v) is 50.1. The van der Waals surface area contributed by atoms with Crippen LogP contribution < -0.4 is 0 Å². The van der Waals surface area contributed by atoms with Gasteiger partial charge in [0.2, 0.25) is 0 Å². The first-order valence-electron chi connectivity index (χ1n) is 26.1. The van der Waals surface area contributed by atoms with Gasteiger partial charge in [0.1, 0.15) is 11.7 Å². The zero-order chi connectivity index (χ0) is 52.2. The summed E-state index contributed by atoms with van der Waals surface area (Å²) < 4.78 is 15.6. The molecule has 4 rings (SSSR count). The molecule has 3 aromatic carbocycles. The van der Waals surface area contributed by atoms with Crippen LogP contribution in [0, 0.1) is 5.92 Å². The highest BCUT2D eigenvalue weighted by Gasteiger charge is 2.69. The van der Waals surface area contributed by atoms with Gasteiger partial charge in [-0.15, -0.1) is 0 Å². The normalized spacial score (nSPS) is 22.6. The van der Waals surface area contributed by atoms with Gasteiger partial charge in [-0.05, 0) is 128 Å². The molecule has 1 aliphatic heterocycles. The van der Waals surface area contributed by atoms with E-state index in [9.17, 15) is 4.89 Å². The first-order valence-corrected chi connectivity index (χ1v) is 27.2. The summed E-state index contributed by atoms with van der Waals surface area (Å²) in [5, 5.41) is 0. The van der Waals surface area contributed by atoms with Crippen LogP contribution in [0.25, 0.3) is 0 Å². The molecule has 5 unspecified atom stereocenters. The summed E-state index contributed by atoms with van der Waals surface area (Å²) in [6.07, 6.45) is 0.941. The van der Waals surface area contributed by atoms with Crippen LogP contribution in [0.2, 0.25) is 0 Å². The third-order valence-corrected chi connectivity index (χ3v) is 16.2. The van der Waals surface area contributed by atoms with Crippen molar-refractivity contribution in [3.05, 3.63) is 103 Å². The molecule has 1 N–H and O–H groups in total. The molecule has 0 radical (unpaired) electrons. The van der Waals surface area contributed by atoms with Gasteiger partial charge >= 0.3 is 8.60 Å². The van der Waals surface area contributed by atoms with Gasteiger partial charge < -0.3 is 9.42 Å². The summed E-state index contributed by atoms with van der Waals surface area (Å²) in [6.45, 7) is 71.4. The molecule has 0 spiro atoms. The highest BCUT2D eigenvalue weighted by atomic mass is 31.2. The van der Waals surface area contributed by atoms with Gasteiger partial charge in [-0.1, -0.05) is 251 Å².